The van der Waals surface area contributed by atoms with Gasteiger partial charge in [-0.25, -0.2) is 0 Å². The van der Waals surface area contributed by atoms with E-state index in [1.807, 2.05) is 6.92 Å². The Morgan fingerprint density at radius 3 is 2.24 bits per heavy atom. The van der Waals surface area contributed by atoms with Crippen LogP contribution in [0.15, 0.2) is 35.5 Å². The fraction of sp³-hybridized carbons (Fsp3) is 0.625. The van der Waals surface area contributed by atoms with E-state index in [4.69, 9.17) is 5.11 Å². The molecule has 0 fully saturated rings. The average molecular weight is 236 g/mol. The maximum atomic E-state index is 9.00. The van der Waals surface area contributed by atoms with Crippen LogP contribution in [0, 0.1) is 5.92 Å². The van der Waals surface area contributed by atoms with Crippen molar-refractivity contribution in [1.29, 1.82) is 0 Å². The summed E-state index contributed by atoms with van der Waals surface area (Å²) in [6.45, 7) is 12.7. The molecule has 1 nitrogen and oxygen atoms in total. The molecule has 0 aromatic rings. The number of aliphatic hydroxyl groups excluding tert-OH is 1. The summed E-state index contributed by atoms with van der Waals surface area (Å²) in [6.07, 6.45) is 8.90. The highest BCUT2D eigenvalue weighted by molar-refractivity contribution is 5.05. The van der Waals surface area contributed by atoms with E-state index in [-0.39, 0.29) is 12.5 Å². The van der Waals surface area contributed by atoms with Crippen LogP contribution in [0.2, 0.25) is 0 Å². The highest BCUT2D eigenvalue weighted by Gasteiger charge is 2.03. The second-order valence-electron chi connectivity index (χ2n) is 5.15. The third-order valence-electron chi connectivity index (χ3n) is 3.02. The van der Waals surface area contributed by atoms with Crippen LogP contribution in [0.25, 0.3) is 0 Å². The molecule has 0 saturated carbocycles. The highest BCUT2D eigenvalue weighted by Crippen LogP contribution is 2.15. The van der Waals surface area contributed by atoms with Gasteiger partial charge in [0.2, 0.25) is 0 Å². The van der Waals surface area contributed by atoms with E-state index in [1.165, 1.54) is 11.1 Å². The molecule has 0 aliphatic heterocycles. The molecule has 1 unspecified atom stereocenters. The largest absolute Gasteiger partial charge is 0.396 e. The zero-order valence-corrected chi connectivity index (χ0v) is 11.9. The molecule has 0 bridgehead atoms. The quantitative estimate of drug-likeness (QED) is 0.608. The summed E-state index contributed by atoms with van der Waals surface area (Å²) in [6, 6.07) is 0. The van der Waals surface area contributed by atoms with E-state index < -0.39 is 0 Å². The first-order valence-corrected chi connectivity index (χ1v) is 6.55. The summed E-state index contributed by atoms with van der Waals surface area (Å²) in [5.41, 5.74) is 4.00. The first-order chi connectivity index (χ1) is 7.97. The van der Waals surface area contributed by atoms with Gasteiger partial charge in [-0.3, -0.25) is 0 Å². The molecule has 0 rings (SSSR count). The molecule has 0 aromatic carbocycles. The smallest absolute Gasteiger partial charge is 0.0493 e. The van der Waals surface area contributed by atoms with Gasteiger partial charge in [-0.05, 0) is 52.4 Å². The first-order valence-electron chi connectivity index (χ1n) is 6.55. The summed E-state index contributed by atoms with van der Waals surface area (Å²) in [7, 11) is 0. The fourth-order valence-corrected chi connectivity index (χ4v) is 1.57. The van der Waals surface area contributed by atoms with E-state index >= 15 is 0 Å². The molecule has 1 heteroatoms. The molecule has 1 atom stereocenters. The van der Waals surface area contributed by atoms with Gasteiger partial charge in [0.25, 0.3) is 0 Å². The molecule has 0 aliphatic carbocycles. The minimum absolute atomic E-state index is 0.210. The highest BCUT2D eigenvalue weighted by atomic mass is 16.3. The van der Waals surface area contributed by atoms with Gasteiger partial charge >= 0.3 is 0 Å². The van der Waals surface area contributed by atoms with Crippen molar-refractivity contribution in [3.05, 3.63) is 35.5 Å². The van der Waals surface area contributed by atoms with Gasteiger partial charge in [0.15, 0.2) is 0 Å². The average Bonchev–Trinajstić information content (AvgIpc) is 2.27. The Kier molecular flexibility index (Phi) is 8.79. The SMILES string of the molecule is C=C(CC/C=C(\C)CCC=C(C)C)C(C)CO. The van der Waals surface area contributed by atoms with Gasteiger partial charge < -0.3 is 5.11 Å². The van der Waals surface area contributed by atoms with Crippen LogP contribution in [0.3, 0.4) is 0 Å². The molecule has 1 N–H and O–H groups in total. The molecule has 0 amide bonds. The molecule has 0 saturated heterocycles. The normalized spacial score (nSPS) is 13.4. The van der Waals surface area contributed by atoms with Gasteiger partial charge in [0, 0.05) is 6.61 Å². The van der Waals surface area contributed by atoms with Crippen LogP contribution in [-0.4, -0.2) is 11.7 Å². The van der Waals surface area contributed by atoms with E-state index in [9.17, 15) is 0 Å². The molecular formula is C16H28O. The van der Waals surface area contributed by atoms with Crippen molar-refractivity contribution in [3.63, 3.8) is 0 Å². The summed E-state index contributed by atoms with van der Waals surface area (Å²) in [4.78, 5) is 0. The van der Waals surface area contributed by atoms with Crippen molar-refractivity contribution in [3.8, 4) is 0 Å². The third kappa shape index (κ3) is 8.93. The van der Waals surface area contributed by atoms with Crippen molar-refractivity contribution in [2.75, 3.05) is 6.61 Å². The Hall–Kier alpha value is -0.820. The van der Waals surface area contributed by atoms with Crippen LogP contribution in [-0.2, 0) is 0 Å². The second kappa shape index (κ2) is 9.23. The van der Waals surface area contributed by atoms with Crippen LogP contribution in [0.1, 0.15) is 53.4 Å². The molecular weight excluding hydrogens is 208 g/mol. The number of hydrogen-bond donors (Lipinski definition) is 1. The van der Waals surface area contributed by atoms with Crippen molar-refractivity contribution >= 4 is 0 Å². The Morgan fingerprint density at radius 1 is 1.12 bits per heavy atom. The predicted octanol–water partition coefficient (Wildman–Crippen LogP) is 4.64. The monoisotopic (exact) mass is 236 g/mol. The van der Waals surface area contributed by atoms with Gasteiger partial charge in [-0.1, -0.05) is 42.4 Å². The predicted molar refractivity (Wildman–Crippen MR) is 77.0 cm³/mol. The maximum Gasteiger partial charge on any atom is 0.0493 e. The lowest BCUT2D eigenvalue weighted by molar-refractivity contribution is 0.254. The number of rotatable bonds is 8. The van der Waals surface area contributed by atoms with Gasteiger partial charge in [-0.2, -0.15) is 0 Å². The number of allylic oxidation sites excluding steroid dienone is 4. The molecule has 0 aromatic heterocycles. The second-order valence-corrected chi connectivity index (χ2v) is 5.15. The Bertz CT molecular complexity index is 280. The molecule has 17 heavy (non-hydrogen) atoms. The molecule has 0 heterocycles. The number of aliphatic hydroxyl groups is 1. The summed E-state index contributed by atoms with van der Waals surface area (Å²) < 4.78 is 0. The van der Waals surface area contributed by atoms with Gasteiger partial charge in [-0.15, -0.1) is 0 Å². The van der Waals surface area contributed by atoms with Crippen molar-refractivity contribution < 1.29 is 5.11 Å². The van der Waals surface area contributed by atoms with Crippen LogP contribution in [0.5, 0.6) is 0 Å². The van der Waals surface area contributed by atoms with Crippen molar-refractivity contribution in [2.45, 2.75) is 53.4 Å². The Morgan fingerprint density at radius 2 is 1.71 bits per heavy atom. The minimum atomic E-state index is 0.210. The summed E-state index contributed by atoms with van der Waals surface area (Å²) >= 11 is 0. The van der Waals surface area contributed by atoms with Crippen LogP contribution < -0.4 is 0 Å². The third-order valence-corrected chi connectivity index (χ3v) is 3.02. The lowest BCUT2D eigenvalue weighted by Crippen LogP contribution is -2.03. The molecule has 0 spiro atoms. The standard InChI is InChI=1S/C16H28O/c1-13(2)8-6-9-14(3)10-7-11-15(4)16(5)12-17/h8,10,16-17H,4,6-7,9,11-12H2,1-3,5H3/b14-10+. The van der Waals surface area contributed by atoms with Crippen LogP contribution in [0.4, 0.5) is 0 Å². The lowest BCUT2D eigenvalue weighted by atomic mass is 9.98. The first kappa shape index (κ1) is 16.2. The molecule has 0 radical (unpaired) electrons. The molecule has 0 aliphatic rings. The lowest BCUT2D eigenvalue weighted by Gasteiger charge is -2.10. The zero-order valence-electron chi connectivity index (χ0n) is 11.9. The van der Waals surface area contributed by atoms with Crippen LogP contribution >= 0.6 is 0 Å². The fourth-order valence-electron chi connectivity index (χ4n) is 1.57. The van der Waals surface area contributed by atoms with E-state index in [0.717, 1.165) is 31.3 Å². The Labute approximate surface area is 107 Å². The molecule has 98 valence electrons. The van der Waals surface area contributed by atoms with Crippen molar-refractivity contribution in [2.24, 2.45) is 5.92 Å². The van der Waals surface area contributed by atoms with E-state index in [1.54, 1.807) is 0 Å². The van der Waals surface area contributed by atoms with E-state index in [2.05, 4.69) is 39.5 Å². The summed E-state index contributed by atoms with van der Waals surface area (Å²) in [5.74, 6) is 0.231. The zero-order chi connectivity index (χ0) is 13.3. The Balaban J connectivity index is 3.84. The van der Waals surface area contributed by atoms with Gasteiger partial charge in [0.05, 0.1) is 0 Å². The van der Waals surface area contributed by atoms with Gasteiger partial charge in [0.1, 0.15) is 0 Å². The maximum absolute atomic E-state index is 9.00. The topological polar surface area (TPSA) is 20.2 Å². The minimum Gasteiger partial charge on any atom is -0.396 e. The number of hydrogen-bond acceptors (Lipinski definition) is 1. The summed E-state index contributed by atoms with van der Waals surface area (Å²) in [5, 5.41) is 9.00. The van der Waals surface area contributed by atoms with Crippen molar-refractivity contribution in [1.82, 2.24) is 0 Å². The van der Waals surface area contributed by atoms with E-state index in [0.29, 0.717) is 0 Å².